The van der Waals surface area contributed by atoms with Gasteiger partial charge in [0.25, 0.3) is 0 Å². The fourth-order valence-corrected chi connectivity index (χ4v) is 3.79. The summed E-state index contributed by atoms with van der Waals surface area (Å²) in [6.07, 6.45) is 5.29. The number of fused-ring (bicyclic) bond motifs is 1. The van der Waals surface area contributed by atoms with Gasteiger partial charge in [-0.1, -0.05) is 31.4 Å². The summed E-state index contributed by atoms with van der Waals surface area (Å²) in [4.78, 5) is 10.7. The van der Waals surface area contributed by atoms with Gasteiger partial charge < -0.3 is 10.6 Å². The van der Waals surface area contributed by atoms with Crippen molar-refractivity contribution in [3.05, 3.63) is 11.2 Å². The first-order valence-electron chi connectivity index (χ1n) is 6.72. The van der Waals surface area contributed by atoms with E-state index in [4.69, 9.17) is 17.3 Å². The zero-order valence-corrected chi connectivity index (χ0v) is 11.4. The van der Waals surface area contributed by atoms with Crippen LogP contribution in [0.3, 0.4) is 0 Å². The fourth-order valence-electron chi connectivity index (χ4n) is 3.61. The van der Waals surface area contributed by atoms with Crippen LogP contribution in [0.25, 0.3) is 0 Å². The van der Waals surface area contributed by atoms with Crippen molar-refractivity contribution >= 4 is 23.4 Å². The molecule has 3 atom stereocenters. The highest BCUT2D eigenvalue weighted by Crippen LogP contribution is 2.41. The maximum Gasteiger partial charge on any atom is 0.223 e. The Kier molecular flexibility index (Phi) is 3.06. The Labute approximate surface area is 113 Å². The largest absolute Gasteiger partial charge is 0.368 e. The molecule has 18 heavy (non-hydrogen) atoms. The molecule has 1 aromatic heterocycles. The van der Waals surface area contributed by atoms with Crippen LogP contribution in [-0.2, 0) is 0 Å². The van der Waals surface area contributed by atoms with Crippen molar-refractivity contribution < 1.29 is 0 Å². The minimum atomic E-state index is 0.268. The standard InChI is InChI=1S/C13H19ClN4/c1-8-7-18(10-5-3-2-4-9(8)10)12-6-11(14)16-13(15)17-12/h6,8-10H,2-5,7H2,1H3,(H2,15,16,17). The van der Waals surface area contributed by atoms with E-state index < -0.39 is 0 Å². The normalized spacial score (nSPS) is 31.4. The fraction of sp³-hybridized carbons (Fsp3) is 0.692. The third-order valence-electron chi connectivity index (χ3n) is 4.39. The number of aromatic nitrogens is 2. The quantitative estimate of drug-likeness (QED) is 0.794. The van der Waals surface area contributed by atoms with E-state index >= 15 is 0 Å². The molecule has 1 saturated carbocycles. The van der Waals surface area contributed by atoms with Gasteiger partial charge in [0, 0.05) is 18.7 Å². The number of anilines is 2. The van der Waals surface area contributed by atoms with Crippen molar-refractivity contribution in [1.82, 2.24) is 9.97 Å². The topological polar surface area (TPSA) is 55.0 Å². The Morgan fingerprint density at radius 3 is 2.89 bits per heavy atom. The number of hydrogen-bond donors (Lipinski definition) is 1. The molecule has 2 aliphatic rings. The number of halogens is 1. The Bertz CT molecular complexity index is 430. The van der Waals surface area contributed by atoms with E-state index in [9.17, 15) is 0 Å². The molecular formula is C13H19ClN4. The van der Waals surface area contributed by atoms with Crippen LogP contribution in [0.4, 0.5) is 11.8 Å². The lowest BCUT2D eigenvalue weighted by molar-refractivity contribution is 0.293. The summed E-state index contributed by atoms with van der Waals surface area (Å²) in [5.74, 6) is 2.69. The number of rotatable bonds is 1. The first-order valence-corrected chi connectivity index (χ1v) is 7.09. The second-order valence-electron chi connectivity index (χ2n) is 5.55. The third-order valence-corrected chi connectivity index (χ3v) is 4.58. The Morgan fingerprint density at radius 2 is 2.11 bits per heavy atom. The summed E-state index contributed by atoms with van der Waals surface area (Å²) in [5.41, 5.74) is 5.70. The molecule has 2 heterocycles. The Morgan fingerprint density at radius 1 is 1.33 bits per heavy atom. The summed E-state index contributed by atoms with van der Waals surface area (Å²) >= 11 is 5.98. The van der Waals surface area contributed by atoms with Gasteiger partial charge in [-0.25, -0.2) is 4.98 Å². The van der Waals surface area contributed by atoms with Gasteiger partial charge in [0.15, 0.2) is 0 Å². The zero-order chi connectivity index (χ0) is 12.7. The average Bonchev–Trinajstić information content (AvgIpc) is 2.66. The molecule has 0 amide bonds. The maximum absolute atomic E-state index is 5.98. The van der Waals surface area contributed by atoms with Crippen molar-refractivity contribution in [2.45, 2.75) is 38.6 Å². The highest BCUT2D eigenvalue weighted by Gasteiger charge is 2.41. The lowest BCUT2D eigenvalue weighted by atomic mass is 9.80. The van der Waals surface area contributed by atoms with E-state index in [-0.39, 0.29) is 5.95 Å². The molecule has 98 valence electrons. The van der Waals surface area contributed by atoms with Crippen LogP contribution in [0.15, 0.2) is 6.07 Å². The van der Waals surface area contributed by atoms with E-state index in [0.717, 1.165) is 24.2 Å². The van der Waals surface area contributed by atoms with Gasteiger partial charge >= 0.3 is 0 Å². The maximum atomic E-state index is 5.98. The molecule has 3 unspecified atom stereocenters. The van der Waals surface area contributed by atoms with Gasteiger partial charge in [-0.05, 0) is 24.7 Å². The Balaban J connectivity index is 1.91. The second kappa shape index (κ2) is 4.57. The minimum absolute atomic E-state index is 0.268. The van der Waals surface area contributed by atoms with Gasteiger partial charge in [0.1, 0.15) is 11.0 Å². The van der Waals surface area contributed by atoms with Gasteiger partial charge in [-0.2, -0.15) is 4.98 Å². The van der Waals surface area contributed by atoms with E-state index in [1.807, 2.05) is 6.07 Å². The molecule has 1 aliphatic carbocycles. The highest BCUT2D eigenvalue weighted by molar-refractivity contribution is 6.29. The second-order valence-corrected chi connectivity index (χ2v) is 5.94. The van der Waals surface area contributed by atoms with Gasteiger partial charge in [-0.15, -0.1) is 0 Å². The molecule has 3 rings (SSSR count). The third kappa shape index (κ3) is 2.03. The molecule has 0 aromatic carbocycles. The Hall–Kier alpha value is -1.03. The monoisotopic (exact) mass is 266 g/mol. The number of nitrogens with two attached hydrogens (primary N) is 1. The van der Waals surface area contributed by atoms with E-state index in [1.54, 1.807) is 0 Å². The van der Waals surface area contributed by atoms with Gasteiger partial charge in [0.05, 0.1) is 0 Å². The summed E-state index contributed by atoms with van der Waals surface area (Å²) in [6.45, 7) is 3.40. The van der Waals surface area contributed by atoms with Crippen molar-refractivity contribution in [2.24, 2.45) is 11.8 Å². The molecule has 0 spiro atoms. The molecule has 2 N–H and O–H groups in total. The molecular weight excluding hydrogens is 248 g/mol. The summed E-state index contributed by atoms with van der Waals surface area (Å²) < 4.78 is 0. The van der Waals surface area contributed by atoms with Crippen molar-refractivity contribution in [3.63, 3.8) is 0 Å². The summed E-state index contributed by atoms with van der Waals surface area (Å²) in [7, 11) is 0. The van der Waals surface area contributed by atoms with E-state index in [0.29, 0.717) is 11.2 Å². The van der Waals surface area contributed by atoms with Crippen LogP contribution < -0.4 is 10.6 Å². The molecule has 1 aromatic rings. The van der Waals surface area contributed by atoms with Crippen LogP contribution in [0.5, 0.6) is 0 Å². The van der Waals surface area contributed by atoms with Crippen molar-refractivity contribution in [3.8, 4) is 0 Å². The molecule has 1 saturated heterocycles. The van der Waals surface area contributed by atoms with Crippen molar-refractivity contribution in [2.75, 3.05) is 17.2 Å². The lowest BCUT2D eigenvalue weighted by Crippen LogP contribution is -2.35. The lowest BCUT2D eigenvalue weighted by Gasteiger charge is -2.32. The van der Waals surface area contributed by atoms with E-state index in [1.165, 1.54) is 25.7 Å². The molecule has 1 aliphatic heterocycles. The number of hydrogen-bond acceptors (Lipinski definition) is 4. The minimum Gasteiger partial charge on any atom is -0.368 e. The van der Waals surface area contributed by atoms with Gasteiger partial charge in [0.2, 0.25) is 5.95 Å². The highest BCUT2D eigenvalue weighted by atomic mass is 35.5. The van der Waals surface area contributed by atoms with Crippen LogP contribution in [0.1, 0.15) is 32.6 Å². The van der Waals surface area contributed by atoms with Crippen molar-refractivity contribution in [1.29, 1.82) is 0 Å². The predicted octanol–water partition coefficient (Wildman–Crippen LogP) is 2.73. The predicted molar refractivity (Wildman–Crippen MR) is 73.7 cm³/mol. The van der Waals surface area contributed by atoms with Crippen LogP contribution in [0.2, 0.25) is 5.15 Å². The SMILES string of the molecule is CC1CN(c2cc(Cl)nc(N)n2)C2CCCCC12. The molecule has 4 nitrogen and oxygen atoms in total. The molecule has 0 radical (unpaired) electrons. The van der Waals surface area contributed by atoms with Crippen LogP contribution in [-0.4, -0.2) is 22.6 Å². The first kappa shape index (κ1) is 12.0. The molecule has 2 fully saturated rings. The average molecular weight is 267 g/mol. The molecule has 5 heteroatoms. The smallest absolute Gasteiger partial charge is 0.223 e. The summed E-state index contributed by atoms with van der Waals surface area (Å²) in [5, 5.41) is 0.435. The van der Waals surface area contributed by atoms with Gasteiger partial charge in [-0.3, -0.25) is 0 Å². The van der Waals surface area contributed by atoms with Crippen LogP contribution in [0, 0.1) is 11.8 Å². The number of nitrogen functional groups attached to an aromatic ring is 1. The zero-order valence-electron chi connectivity index (χ0n) is 10.6. The van der Waals surface area contributed by atoms with Crippen LogP contribution >= 0.6 is 11.6 Å². The summed E-state index contributed by atoms with van der Waals surface area (Å²) in [6, 6.07) is 2.45. The molecule has 0 bridgehead atoms. The first-order chi connectivity index (χ1) is 8.65. The van der Waals surface area contributed by atoms with E-state index in [2.05, 4.69) is 21.8 Å². The number of nitrogens with zero attached hydrogens (tertiary/aromatic N) is 3.